The van der Waals surface area contributed by atoms with Crippen molar-refractivity contribution in [1.82, 2.24) is 25.3 Å². The summed E-state index contributed by atoms with van der Waals surface area (Å²) in [7, 11) is -3.48. The minimum atomic E-state index is -3.48. The SMILES string of the molecule is O=S(=O)(CCNCCC1(c2cc3c(Nc4ccc(OCc5cccc(F)c5)c(Cl)c4)ncnc3cn2)CC=CO1)c1ccccn1. The Labute approximate surface area is 270 Å². The van der Waals surface area contributed by atoms with Gasteiger partial charge in [0, 0.05) is 36.7 Å². The molecular formula is C33H30ClFN6O4S. The number of sulfone groups is 1. The molecule has 10 nitrogen and oxygen atoms in total. The monoisotopic (exact) mass is 660 g/mol. The van der Waals surface area contributed by atoms with E-state index in [-0.39, 0.29) is 29.7 Å². The van der Waals surface area contributed by atoms with Gasteiger partial charge in [-0.3, -0.25) is 4.98 Å². The van der Waals surface area contributed by atoms with Crippen LogP contribution in [0.25, 0.3) is 10.9 Å². The number of nitrogens with one attached hydrogen (secondary N) is 2. The first kappa shape index (κ1) is 31.3. The van der Waals surface area contributed by atoms with E-state index in [4.69, 9.17) is 21.1 Å². The highest BCUT2D eigenvalue weighted by molar-refractivity contribution is 7.91. The maximum absolute atomic E-state index is 13.5. The second-order valence-electron chi connectivity index (χ2n) is 10.7. The number of anilines is 2. The quantitative estimate of drug-likeness (QED) is 0.143. The fraction of sp³-hybridized carbons (Fsp3) is 0.212. The van der Waals surface area contributed by atoms with E-state index in [1.165, 1.54) is 30.7 Å². The number of ether oxygens (including phenoxy) is 2. The lowest BCUT2D eigenvalue weighted by Crippen LogP contribution is -2.33. The van der Waals surface area contributed by atoms with Gasteiger partial charge in [0.05, 0.1) is 34.4 Å². The average Bonchev–Trinajstić information content (AvgIpc) is 3.55. The van der Waals surface area contributed by atoms with Crippen molar-refractivity contribution in [3.8, 4) is 5.75 Å². The maximum atomic E-state index is 13.5. The highest BCUT2D eigenvalue weighted by atomic mass is 35.5. The number of rotatable bonds is 13. The first-order chi connectivity index (χ1) is 22.3. The smallest absolute Gasteiger partial charge is 0.196 e. The zero-order valence-electron chi connectivity index (χ0n) is 24.6. The molecule has 3 aromatic heterocycles. The van der Waals surface area contributed by atoms with Crippen LogP contribution in [0.1, 0.15) is 24.1 Å². The fourth-order valence-electron chi connectivity index (χ4n) is 5.10. The van der Waals surface area contributed by atoms with E-state index in [0.717, 1.165) is 5.39 Å². The molecular weight excluding hydrogens is 631 g/mol. The van der Waals surface area contributed by atoms with Crippen molar-refractivity contribution in [3.63, 3.8) is 0 Å². The summed E-state index contributed by atoms with van der Waals surface area (Å²) in [5.41, 5.74) is 1.97. The molecule has 0 fully saturated rings. The molecule has 1 unspecified atom stereocenters. The van der Waals surface area contributed by atoms with Crippen LogP contribution >= 0.6 is 11.6 Å². The van der Waals surface area contributed by atoms with E-state index in [9.17, 15) is 12.8 Å². The standard InChI is InChI=1S/C33H30ClFN6O4S/c34-27-18-25(8-9-29(27)44-21-23-5-3-6-24(35)17-23)41-32-26-19-30(38-20-28(26)39-22-40-32)33(10-4-15-45-33)11-13-36-14-16-46(42,43)31-7-1-2-12-37-31/h1-9,12,15,17-20,22,36H,10-11,13-14,16,21H2,(H,39,40,41). The number of hydrogen-bond acceptors (Lipinski definition) is 10. The normalized spacial score (nSPS) is 16.0. The van der Waals surface area contributed by atoms with Gasteiger partial charge in [0.1, 0.15) is 30.3 Å². The highest BCUT2D eigenvalue weighted by Crippen LogP contribution is 2.38. The largest absolute Gasteiger partial charge is 0.489 e. The van der Waals surface area contributed by atoms with Crippen LogP contribution in [-0.4, -0.2) is 47.2 Å². The summed E-state index contributed by atoms with van der Waals surface area (Å²) >= 11 is 6.52. The van der Waals surface area contributed by atoms with Gasteiger partial charge >= 0.3 is 0 Å². The number of hydrogen-bond donors (Lipinski definition) is 2. The summed E-state index contributed by atoms with van der Waals surface area (Å²) in [6.45, 7) is 0.948. The summed E-state index contributed by atoms with van der Waals surface area (Å²) < 4.78 is 50.6. The van der Waals surface area contributed by atoms with Crippen molar-refractivity contribution in [1.29, 1.82) is 0 Å². The number of pyridine rings is 2. The van der Waals surface area contributed by atoms with Crippen molar-refractivity contribution in [3.05, 3.63) is 120 Å². The fourth-order valence-corrected chi connectivity index (χ4v) is 6.47. The zero-order valence-corrected chi connectivity index (χ0v) is 26.1. The lowest BCUT2D eigenvalue weighted by atomic mass is 9.91. The Bertz CT molecular complexity index is 1970. The van der Waals surface area contributed by atoms with Gasteiger partial charge in [-0.1, -0.05) is 29.8 Å². The van der Waals surface area contributed by atoms with Crippen LogP contribution in [0, 0.1) is 5.82 Å². The first-order valence-electron chi connectivity index (χ1n) is 14.5. The van der Waals surface area contributed by atoms with Gasteiger partial charge in [0.25, 0.3) is 0 Å². The molecule has 1 aliphatic heterocycles. The van der Waals surface area contributed by atoms with Crippen LogP contribution in [0.15, 0.2) is 103 Å². The lowest BCUT2D eigenvalue weighted by molar-refractivity contribution is 0.0288. The number of fused-ring (bicyclic) bond motifs is 1. The molecule has 1 atom stereocenters. The van der Waals surface area contributed by atoms with Crippen molar-refractivity contribution in [2.75, 3.05) is 24.2 Å². The number of aromatic nitrogens is 4. The van der Waals surface area contributed by atoms with Crippen LogP contribution in [0.3, 0.4) is 0 Å². The minimum Gasteiger partial charge on any atom is -0.489 e. The molecule has 236 valence electrons. The van der Waals surface area contributed by atoms with Gasteiger partial charge in [-0.15, -0.1) is 0 Å². The van der Waals surface area contributed by atoms with Gasteiger partial charge in [-0.25, -0.2) is 27.8 Å². The maximum Gasteiger partial charge on any atom is 0.196 e. The van der Waals surface area contributed by atoms with Gasteiger partial charge in [-0.05, 0) is 66.7 Å². The average molecular weight is 661 g/mol. The molecule has 1 aliphatic rings. The van der Waals surface area contributed by atoms with E-state index in [2.05, 4.69) is 30.6 Å². The van der Waals surface area contributed by atoms with Crippen LogP contribution in [0.4, 0.5) is 15.9 Å². The first-order valence-corrected chi connectivity index (χ1v) is 16.6. The van der Waals surface area contributed by atoms with E-state index < -0.39 is 15.4 Å². The molecule has 46 heavy (non-hydrogen) atoms. The Kier molecular flexibility index (Phi) is 9.38. The van der Waals surface area contributed by atoms with Gasteiger partial charge < -0.3 is 20.1 Å². The van der Waals surface area contributed by atoms with E-state index in [1.807, 2.05) is 18.2 Å². The molecule has 0 radical (unpaired) electrons. The summed E-state index contributed by atoms with van der Waals surface area (Å²) in [5.74, 6) is 0.620. The van der Waals surface area contributed by atoms with Gasteiger partial charge in [0.2, 0.25) is 0 Å². The minimum absolute atomic E-state index is 0.0658. The van der Waals surface area contributed by atoms with Crippen molar-refractivity contribution in [2.45, 2.75) is 30.1 Å². The molecule has 2 aromatic carbocycles. The second-order valence-corrected chi connectivity index (χ2v) is 13.1. The molecule has 0 bridgehead atoms. The molecule has 2 N–H and O–H groups in total. The molecule has 6 rings (SSSR count). The van der Waals surface area contributed by atoms with E-state index >= 15 is 0 Å². The number of nitrogens with zero attached hydrogens (tertiary/aromatic N) is 4. The predicted molar refractivity (Wildman–Crippen MR) is 173 cm³/mol. The third-order valence-corrected chi connectivity index (χ3v) is 9.43. The van der Waals surface area contributed by atoms with E-state index in [0.29, 0.717) is 58.4 Å². The lowest BCUT2D eigenvalue weighted by Gasteiger charge is -2.28. The van der Waals surface area contributed by atoms with Crippen LogP contribution < -0.4 is 15.4 Å². The van der Waals surface area contributed by atoms with Crippen LogP contribution in [0.2, 0.25) is 5.02 Å². The van der Waals surface area contributed by atoms with Crippen molar-refractivity contribution >= 4 is 43.8 Å². The molecule has 4 heterocycles. The Morgan fingerprint density at radius 2 is 1.91 bits per heavy atom. The molecule has 13 heteroatoms. The van der Waals surface area contributed by atoms with E-state index in [1.54, 1.807) is 48.9 Å². The van der Waals surface area contributed by atoms with Crippen molar-refractivity contribution < 1.29 is 22.3 Å². The van der Waals surface area contributed by atoms with Gasteiger partial charge in [0.15, 0.2) is 20.5 Å². The summed E-state index contributed by atoms with van der Waals surface area (Å²) in [5, 5.41) is 7.72. The Balaban J connectivity index is 1.13. The Morgan fingerprint density at radius 3 is 2.70 bits per heavy atom. The zero-order chi connectivity index (χ0) is 32.0. The predicted octanol–water partition coefficient (Wildman–Crippen LogP) is 6.12. The summed E-state index contributed by atoms with van der Waals surface area (Å²) in [4.78, 5) is 17.5. The molecule has 0 aliphatic carbocycles. The van der Waals surface area contributed by atoms with Gasteiger partial charge in [-0.2, -0.15) is 0 Å². The summed E-state index contributed by atoms with van der Waals surface area (Å²) in [6, 6.07) is 18.2. The number of halogens is 2. The molecule has 0 amide bonds. The summed E-state index contributed by atoms with van der Waals surface area (Å²) in [6.07, 6.45) is 9.36. The molecule has 0 spiro atoms. The highest BCUT2D eigenvalue weighted by Gasteiger charge is 2.37. The number of benzene rings is 2. The molecule has 5 aromatic rings. The van der Waals surface area contributed by atoms with Crippen LogP contribution in [-0.2, 0) is 26.8 Å². The van der Waals surface area contributed by atoms with Crippen molar-refractivity contribution in [2.24, 2.45) is 0 Å². The molecule has 0 saturated heterocycles. The third kappa shape index (κ3) is 7.25. The molecule has 0 saturated carbocycles. The third-order valence-electron chi connectivity index (χ3n) is 7.51. The second kappa shape index (κ2) is 13.8. The Morgan fingerprint density at radius 1 is 1.00 bits per heavy atom. The Hall–Kier alpha value is -4.65. The topological polar surface area (TPSA) is 128 Å². The van der Waals surface area contributed by atoms with Crippen LogP contribution in [0.5, 0.6) is 5.75 Å².